The van der Waals surface area contributed by atoms with Crippen LogP contribution >= 0.6 is 0 Å². The first kappa shape index (κ1) is 30.5. The maximum Gasteiger partial charge on any atom is 0.269 e. The van der Waals surface area contributed by atoms with E-state index in [1.807, 2.05) is 65.8 Å². The second-order valence-electron chi connectivity index (χ2n) is 11.9. The first-order valence-corrected chi connectivity index (χ1v) is 15.0. The highest BCUT2D eigenvalue weighted by atomic mass is 16.5. The average Bonchev–Trinajstić information content (AvgIpc) is 2.98. The Morgan fingerprint density at radius 1 is 0.543 bits per heavy atom. The lowest BCUT2D eigenvalue weighted by Gasteiger charge is -2.35. The summed E-state index contributed by atoms with van der Waals surface area (Å²) in [5.41, 5.74) is 6.30. The predicted molar refractivity (Wildman–Crippen MR) is 179 cm³/mol. The number of rotatable bonds is 8. The van der Waals surface area contributed by atoms with Crippen LogP contribution in [0.1, 0.15) is 74.8 Å². The molecule has 2 heterocycles. The second-order valence-corrected chi connectivity index (χ2v) is 11.9. The van der Waals surface area contributed by atoms with Crippen LogP contribution in [0.25, 0.3) is 10.8 Å². The van der Waals surface area contributed by atoms with Crippen molar-refractivity contribution in [2.45, 2.75) is 41.5 Å². The molecule has 4 aromatic carbocycles. The summed E-state index contributed by atoms with van der Waals surface area (Å²) in [5, 5.41) is 0.370. The van der Waals surface area contributed by atoms with Crippen molar-refractivity contribution in [2.75, 3.05) is 23.0 Å². The van der Waals surface area contributed by atoms with Crippen molar-refractivity contribution >= 4 is 45.8 Å². The van der Waals surface area contributed by atoms with E-state index >= 15 is 0 Å². The van der Waals surface area contributed by atoms with E-state index in [1.165, 1.54) is 24.3 Å². The van der Waals surface area contributed by atoms with Gasteiger partial charge in [0.15, 0.2) is 0 Å². The monoisotopic (exact) mass is 614 g/mol. The minimum Gasteiger partial charge on any atom is -0.489 e. The number of nitrogens with zero attached hydrogens (tertiary/aromatic N) is 2. The van der Waals surface area contributed by atoms with Crippen molar-refractivity contribution in [1.82, 2.24) is 0 Å². The zero-order chi connectivity index (χ0) is 33.2. The van der Waals surface area contributed by atoms with Gasteiger partial charge in [0, 0.05) is 10.8 Å². The third-order valence-corrected chi connectivity index (χ3v) is 8.46. The molecule has 6 rings (SSSR count). The van der Waals surface area contributed by atoms with Gasteiger partial charge in [-0.25, -0.2) is 9.80 Å². The van der Waals surface area contributed by atoms with Gasteiger partial charge in [-0.2, -0.15) is 0 Å². The molecule has 0 aliphatic carbocycles. The smallest absolute Gasteiger partial charge is 0.269 e. The number of hydrogen-bond donors (Lipinski definition) is 0. The molecular formula is C38H34N2O6. The van der Waals surface area contributed by atoms with Gasteiger partial charge in [-0.05, 0) is 75.9 Å². The average molecular weight is 615 g/mol. The van der Waals surface area contributed by atoms with Crippen molar-refractivity contribution in [3.05, 3.63) is 117 Å². The number of anilines is 2. The minimum atomic E-state index is -0.614. The topological polar surface area (TPSA) is 93.2 Å². The summed E-state index contributed by atoms with van der Waals surface area (Å²) < 4.78 is 12.1. The number of benzene rings is 4. The van der Waals surface area contributed by atoms with Crippen LogP contribution in [0, 0.1) is 41.5 Å². The minimum absolute atomic E-state index is 0.0392. The Kier molecular flexibility index (Phi) is 7.39. The van der Waals surface area contributed by atoms with E-state index in [4.69, 9.17) is 9.47 Å². The molecule has 8 heteroatoms. The second kappa shape index (κ2) is 11.1. The molecule has 8 nitrogen and oxygen atoms in total. The van der Waals surface area contributed by atoms with E-state index in [0.29, 0.717) is 11.4 Å². The lowest BCUT2D eigenvalue weighted by molar-refractivity contribution is 0.0869. The highest BCUT2D eigenvalue weighted by molar-refractivity contribution is 6.43. The Bertz CT molecular complexity index is 1890. The lowest BCUT2D eigenvalue weighted by Crippen LogP contribution is -2.44. The molecule has 0 atom stereocenters. The van der Waals surface area contributed by atoms with Crippen molar-refractivity contribution < 1.29 is 28.7 Å². The molecule has 232 valence electrons. The van der Waals surface area contributed by atoms with Gasteiger partial charge in [-0.3, -0.25) is 19.2 Å². The van der Waals surface area contributed by atoms with Crippen molar-refractivity contribution in [3.63, 3.8) is 0 Å². The summed E-state index contributed by atoms with van der Waals surface area (Å²) >= 11 is 0. The number of ether oxygens (including phenoxy) is 2. The molecule has 46 heavy (non-hydrogen) atoms. The number of carbonyl (C=O) groups excluding carboxylic acids is 4. The fourth-order valence-electron chi connectivity index (χ4n) is 6.98. The first-order valence-electron chi connectivity index (χ1n) is 15.0. The van der Waals surface area contributed by atoms with Crippen LogP contribution in [0.4, 0.5) is 11.4 Å². The van der Waals surface area contributed by atoms with Crippen LogP contribution in [0.2, 0.25) is 0 Å². The zero-order valence-corrected chi connectivity index (χ0v) is 26.8. The van der Waals surface area contributed by atoms with Crippen LogP contribution in [0.15, 0.2) is 61.7 Å². The summed E-state index contributed by atoms with van der Waals surface area (Å²) in [4.78, 5) is 60.2. The van der Waals surface area contributed by atoms with Gasteiger partial charge in [0.25, 0.3) is 23.6 Å². The predicted octanol–water partition coefficient (Wildman–Crippen LogP) is 7.42. The molecule has 0 fully saturated rings. The Morgan fingerprint density at radius 3 is 1.17 bits per heavy atom. The van der Waals surface area contributed by atoms with Crippen LogP contribution in [-0.4, -0.2) is 36.8 Å². The quantitative estimate of drug-likeness (QED) is 0.151. The summed E-state index contributed by atoms with van der Waals surface area (Å²) in [7, 11) is 0. The van der Waals surface area contributed by atoms with Crippen molar-refractivity contribution in [3.8, 4) is 11.5 Å². The summed E-state index contributed by atoms with van der Waals surface area (Å²) in [5.74, 6) is -2.20. The molecule has 2 aliphatic rings. The van der Waals surface area contributed by atoms with Crippen LogP contribution in [0.5, 0.6) is 11.5 Å². The van der Waals surface area contributed by atoms with Crippen molar-refractivity contribution in [1.29, 1.82) is 0 Å². The third-order valence-electron chi connectivity index (χ3n) is 8.46. The van der Waals surface area contributed by atoms with E-state index in [1.54, 1.807) is 0 Å². The number of imide groups is 2. The van der Waals surface area contributed by atoms with E-state index < -0.39 is 23.6 Å². The number of hydrogen-bond acceptors (Lipinski definition) is 6. The van der Waals surface area contributed by atoms with Crippen LogP contribution in [-0.2, 0) is 0 Å². The van der Waals surface area contributed by atoms with Gasteiger partial charge in [0.1, 0.15) is 24.7 Å². The molecule has 0 saturated heterocycles. The Hall–Kier alpha value is -5.50. The molecular weight excluding hydrogens is 580 g/mol. The first-order chi connectivity index (χ1) is 21.9. The molecule has 0 aromatic heterocycles. The van der Waals surface area contributed by atoms with Gasteiger partial charge in [-0.1, -0.05) is 60.7 Å². The highest BCUT2D eigenvalue weighted by Crippen LogP contribution is 2.48. The van der Waals surface area contributed by atoms with Gasteiger partial charge >= 0.3 is 0 Å². The fourth-order valence-corrected chi connectivity index (χ4v) is 6.98. The van der Waals surface area contributed by atoms with Gasteiger partial charge in [0.05, 0.1) is 33.6 Å². The van der Waals surface area contributed by atoms with Crippen molar-refractivity contribution in [2.24, 2.45) is 0 Å². The summed E-state index contributed by atoms with van der Waals surface area (Å²) in [6, 6.07) is 10.6. The molecule has 0 spiro atoms. The van der Waals surface area contributed by atoms with E-state index in [0.717, 1.165) is 43.2 Å². The third kappa shape index (κ3) is 4.43. The van der Waals surface area contributed by atoms with Gasteiger partial charge < -0.3 is 9.47 Å². The number of amides is 4. The zero-order valence-electron chi connectivity index (χ0n) is 26.8. The molecule has 0 radical (unpaired) electrons. The van der Waals surface area contributed by atoms with Gasteiger partial charge in [-0.15, -0.1) is 0 Å². The fraction of sp³-hybridized carbons (Fsp3) is 0.211. The largest absolute Gasteiger partial charge is 0.489 e. The normalized spacial score (nSPS) is 13.9. The molecule has 4 amide bonds. The maximum absolute atomic E-state index is 14.5. The Morgan fingerprint density at radius 2 is 0.870 bits per heavy atom. The standard InChI is InChI=1S/C38H34N2O6/c1-9-11-45-27-17-25-30-29-26(36(42)39(37(43)31(27)29)33-21(5)13-19(3)14-22(33)6)18-28(46-12-10-2)32(30)38(44)40(35(25)41)34-23(7)15-20(4)16-24(34)8/h9-10,13-18H,1-2,11-12H2,3-8H3. The van der Waals surface area contributed by atoms with Gasteiger partial charge in [0.2, 0.25) is 0 Å². The highest BCUT2D eigenvalue weighted by Gasteiger charge is 2.45. The molecule has 0 bridgehead atoms. The lowest BCUT2D eigenvalue weighted by atomic mass is 9.83. The molecule has 0 unspecified atom stereocenters. The summed E-state index contributed by atoms with van der Waals surface area (Å²) in [6.45, 7) is 18.8. The molecule has 0 saturated carbocycles. The number of aryl methyl sites for hydroxylation is 6. The van der Waals surface area contributed by atoms with Crippen LogP contribution < -0.4 is 19.3 Å². The van der Waals surface area contributed by atoms with Crippen LogP contribution in [0.3, 0.4) is 0 Å². The molecule has 0 N–H and O–H groups in total. The summed E-state index contributed by atoms with van der Waals surface area (Å²) in [6.07, 6.45) is 3.06. The Balaban J connectivity index is 1.72. The Labute approximate surface area is 267 Å². The SMILES string of the molecule is C=CCOc1cc2c3c(c(OCC=C)cc4c3c1C(=O)N(c1c(C)cc(C)cc1C)C4=O)C(=O)N(c1c(C)cc(C)cc1C)C2=O. The molecule has 4 aromatic rings. The number of carbonyl (C=O) groups is 4. The van der Waals surface area contributed by atoms with E-state index in [-0.39, 0.29) is 57.7 Å². The van der Waals surface area contributed by atoms with E-state index in [2.05, 4.69) is 13.2 Å². The maximum atomic E-state index is 14.5. The molecule has 2 aliphatic heterocycles. The van der Waals surface area contributed by atoms with E-state index in [9.17, 15) is 19.2 Å².